The number of rotatable bonds is 2. The van der Waals surface area contributed by atoms with Crippen molar-refractivity contribution in [2.24, 2.45) is 0 Å². The summed E-state index contributed by atoms with van der Waals surface area (Å²) < 4.78 is 0. The highest BCUT2D eigenvalue weighted by molar-refractivity contribution is 6.33. The Morgan fingerprint density at radius 1 is 1.29 bits per heavy atom. The Hall–Kier alpha value is -1.89. The normalized spacial score (nSPS) is 18.8. The fourth-order valence-corrected chi connectivity index (χ4v) is 2.71. The molecule has 21 heavy (non-hydrogen) atoms. The van der Waals surface area contributed by atoms with Gasteiger partial charge in [-0.05, 0) is 12.8 Å². The van der Waals surface area contributed by atoms with Gasteiger partial charge in [0, 0.05) is 26.2 Å². The van der Waals surface area contributed by atoms with Gasteiger partial charge in [0.15, 0.2) is 5.69 Å². The maximum absolute atomic E-state index is 12.5. The number of hydrogen-bond donors (Lipinski definition) is 1. The Bertz CT molecular complexity index is 574. The van der Waals surface area contributed by atoms with Crippen molar-refractivity contribution in [2.75, 3.05) is 37.6 Å². The molecule has 1 aromatic rings. The molecule has 0 spiro atoms. The summed E-state index contributed by atoms with van der Waals surface area (Å²) in [4.78, 5) is 35.9. The summed E-state index contributed by atoms with van der Waals surface area (Å²) in [5.41, 5.74) is 0.170. The number of carbonyl (C=O) groups is 2. The van der Waals surface area contributed by atoms with Crippen LogP contribution in [-0.2, 0) is 4.79 Å². The van der Waals surface area contributed by atoms with E-state index in [1.54, 1.807) is 0 Å². The van der Waals surface area contributed by atoms with Gasteiger partial charge in [0.25, 0.3) is 5.91 Å². The van der Waals surface area contributed by atoms with E-state index in [1.807, 2.05) is 4.90 Å². The number of nitrogens with one attached hydrogen (secondary N) is 1. The lowest BCUT2D eigenvalue weighted by molar-refractivity contribution is -0.123. The molecule has 0 aliphatic carbocycles. The van der Waals surface area contributed by atoms with Crippen LogP contribution in [0.2, 0.25) is 5.02 Å². The Morgan fingerprint density at radius 2 is 2.05 bits per heavy atom. The van der Waals surface area contributed by atoms with Crippen LogP contribution in [0.15, 0.2) is 6.20 Å². The zero-order valence-electron chi connectivity index (χ0n) is 11.5. The van der Waals surface area contributed by atoms with Crippen molar-refractivity contribution in [3.05, 3.63) is 16.9 Å². The minimum atomic E-state index is -0.322. The number of piperazine rings is 1. The van der Waals surface area contributed by atoms with E-state index in [0.29, 0.717) is 19.0 Å². The Kier molecular flexibility index (Phi) is 3.92. The second kappa shape index (κ2) is 5.85. The summed E-state index contributed by atoms with van der Waals surface area (Å²) in [6.45, 7) is 2.73. The van der Waals surface area contributed by atoms with Crippen LogP contribution in [-0.4, -0.2) is 59.4 Å². The molecule has 0 radical (unpaired) electrons. The minimum absolute atomic E-state index is 0.0399. The average molecular weight is 310 g/mol. The first-order chi connectivity index (χ1) is 10.1. The number of nitrogens with zero attached hydrogens (tertiary/aromatic N) is 4. The molecule has 3 rings (SSSR count). The maximum Gasteiger partial charge on any atom is 0.274 e. The molecule has 2 fully saturated rings. The number of hydrogen-bond acceptors (Lipinski definition) is 5. The predicted molar refractivity (Wildman–Crippen MR) is 77.4 cm³/mol. The van der Waals surface area contributed by atoms with Gasteiger partial charge < -0.3 is 15.1 Å². The van der Waals surface area contributed by atoms with Crippen molar-refractivity contribution in [1.29, 1.82) is 0 Å². The lowest BCUT2D eigenvalue weighted by Crippen LogP contribution is -2.50. The van der Waals surface area contributed by atoms with Crippen molar-refractivity contribution < 1.29 is 9.59 Å². The summed E-state index contributed by atoms with van der Waals surface area (Å²) in [7, 11) is 0. The lowest BCUT2D eigenvalue weighted by atomic mass is 10.3. The van der Waals surface area contributed by atoms with Crippen LogP contribution < -0.4 is 10.2 Å². The molecule has 7 nitrogen and oxygen atoms in total. The monoisotopic (exact) mass is 309 g/mol. The number of halogens is 1. The van der Waals surface area contributed by atoms with Crippen LogP contribution in [0.1, 0.15) is 23.3 Å². The molecule has 1 aromatic heterocycles. The van der Waals surface area contributed by atoms with Crippen molar-refractivity contribution in [3.63, 3.8) is 0 Å². The van der Waals surface area contributed by atoms with E-state index in [9.17, 15) is 9.59 Å². The van der Waals surface area contributed by atoms with Gasteiger partial charge in [0.1, 0.15) is 0 Å². The second-order valence-electron chi connectivity index (χ2n) is 5.14. The standard InChI is InChI=1S/C13H16ClN5O2/c14-9-7-16-13(18-4-1-2-5-18)17-11(9)12(21)19-6-3-15-10(20)8-19/h7H,1-6,8H2,(H,15,20). The summed E-state index contributed by atoms with van der Waals surface area (Å²) in [6.07, 6.45) is 3.66. The number of aromatic nitrogens is 2. The van der Waals surface area contributed by atoms with Gasteiger partial charge in [-0.15, -0.1) is 0 Å². The molecule has 2 saturated heterocycles. The van der Waals surface area contributed by atoms with Crippen molar-refractivity contribution >= 4 is 29.4 Å². The average Bonchev–Trinajstić information content (AvgIpc) is 3.01. The molecular weight excluding hydrogens is 294 g/mol. The topological polar surface area (TPSA) is 78.4 Å². The fraction of sp³-hybridized carbons (Fsp3) is 0.538. The van der Waals surface area contributed by atoms with Crippen LogP contribution >= 0.6 is 11.6 Å². The molecule has 1 N–H and O–H groups in total. The third-order valence-corrected chi connectivity index (χ3v) is 3.93. The van der Waals surface area contributed by atoms with Crippen LogP contribution in [0.4, 0.5) is 5.95 Å². The fourth-order valence-electron chi connectivity index (χ4n) is 2.54. The summed E-state index contributed by atoms with van der Waals surface area (Å²) in [5.74, 6) is 0.0407. The molecule has 2 aliphatic rings. The summed E-state index contributed by atoms with van der Waals surface area (Å²) >= 11 is 6.06. The maximum atomic E-state index is 12.5. The Labute approximate surface area is 127 Å². The summed E-state index contributed by atoms with van der Waals surface area (Å²) in [5, 5.41) is 2.90. The highest BCUT2D eigenvalue weighted by atomic mass is 35.5. The van der Waals surface area contributed by atoms with E-state index in [0.717, 1.165) is 25.9 Å². The van der Waals surface area contributed by atoms with Crippen LogP contribution in [0.25, 0.3) is 0 Å². The largest absolute Gasteiger partial charge is 0.353 e. The van der Waals surface area contributed by atoms with Gasteiger partial charge in [0.05, 0.1) is 17.8 Å². The Balaban J connectivity index is 1.84. The van der Waals surface area contributed by atoms with E-state index >= 15 is 0 Å². The molecular formula is C13H16ClN5O2. The number of amides is 2. The van der Waals surface area contributed by atoms with Crippen molar-refractivity contribution in [2.45, 2.75) is 12.8 Å². The third-order valence-electron chi connectivity index (χ3n) is 3.65. The van der Waals surface area contributed by atoms with Crippen LogP contribution in [0.5, 0.6) is 0 Å². The van der Waals surface area contributed by atoms with E-state index in [2.05, 4.69) is 15.3 Å². The highest BCUT2D eigenvalue weighted by Gasteiger charge is 2.26. The molecule has 0 atom stereocenters. The quantitative estimate of drug-likeness (QED) is 0.850. The van der Waals surface area contributed by atoms with Crippen molar-refractivity contribution in [3.8, 4) is 0 Å². The molecule has 3 heterocycles. The zero-order valence-corrected chi connectivity index (χ0v) is 12.3. The molecule has 0 saturated carbocycles. The van der Waals surface area contributed by atoms with Gasteiger partial charge in [-0.1, -0.05) is 11.6 Å². The molecule has 0 aromatic carbocycles. The first-order valence-electron chi connectivity index (χ1n) is 6.98. The minimum Gasteiger partial charge on any atom is -0.353 e. The molecule has 0 unspecified atom stereocenters. The summed E-state index contributed by atoms with van der Waals surface area (Å²) in [6, 6.07) is 0. The van der Waals surface area contributed by atoms with E-state index in [4.69, 9.17) is 11.6 Å². The SMILES string of the molecule is O=C1CN(C(=O)c2nc(N3CCCC3)ncc2Cl)CCN1. The predicted octanol–water partition coefficient (Wildman–Crippen LogP) is 0.302. The highest BCUT2D eigenvalue weighted by Crippen LogP contribution is 2.21. The van der Waals surface area contributed by atoms with Crippen LogP contribution in [0, 0.1) is 0 Å². The number of anilines is 1. The van der Waals surface area contributed by atoms with Gasteiger partial charge in [-0.3, -0.25) is 9.59 Å². The van der Waals surface area contributed by atoms with Gasteiger partial charge in [-0.25, -0.2) is 9.97 Å². The number of carbonyl (C=O) groups excluding carboxylic acids is 2. The third kappa shape index (κ3) is 2.92. The van der Waals surface area contributed by atoms with Gasteiger partial charge in [-0.2, -0.15) is 0 Å². The van der Waals surface area contributed by atoms with Gasteiger partial charge in [0.2, 0.25) is 11.9 Å². The van der Waals surface area contributed by atoms with E-state index in [-0.39, 0.29) is 29.1 Å². The molecule has 2 aliphatic heterocycles. The first kappa shape index (κ1) is 14.1. The zero-order chi connectivity index (χ0) is 14.8. The molecule has 8 heteroatoms. The lowest BCUT2D eigenvalue weighted by Gasteiger charge is -2.26. The molecule has 2 amide bonds. The first-order valence-corrected chi connectivity index (χ1v) is 7.36. The second-order valence-corrected chi connectivity index (χ2v) is 5.54. The van der Waals surface area contributed by atoms with E-state index < -0.39 is 0 Å². The smallest absolute Gasteiger partial charge is 0.274 e. The molecule has 0 bridgehead atoms. The van der Waals surface area contributed by atoms with E-state index in [1.165, 1.54) is 11.1 Å². The Morgan fingerprint density at radius 3 is 2.76 bits per heavy atom. The van der Waals surface area contributed by atoms with Crippen molar-refractivity contribution in [1.82, 2.24) is 20.2 Å². The van der Waals surface area contributed by atoms with Gasteiger partial charge >= 0.3 is 0 Å². The molecule has 112 valence electrons. The van der Waals surface area contributed by atoms with Crippen LogP contribution in [0.3, 0.4) is 0 Å².